The minimum absolute atomic E-state index is 0.00407. The maximum Gasteiger partial charge on any atom is 0.238 e. The molecular weight excluding hydrogens is 364 g/mol. The van der Waals surface area contributed by atoms with Crippen LogP contribution in [0.2, 0.25) is 0 Å². The van der Waals surface area contributed by atoms with Gasteiger partial charge in [0.05, 0.1) is 17.9 Å². The number of carbonyl (C=O) groups excluding carboxylic acids is 2. The Morgan fingerprint density at radius 3 is 2.31 bits per heavy atom. The molecule has 0 fully saturated rings. The second kappa shape index (κ2) is 8.84. The Kier molecular flexibility index (Phi) is 6.24. The predicted molar refractivity (Wildman–Crippen MR) is 114 cm³/mol. The van der Waals surface area contributed by atoms with Crippen LogP contribution < -0.4 is 5.32 Å². The van der Waals surface area contributed by atoms with Crippen LogP contribution in [0.25, 0.3) is 5.69 Å². The van der Waals surface area contributed by atoms with Crippen molar-refractivity contribution in [3.63, 3.8) is 0 Å². The SMILES string of the molecule is CC(=O)c1ccc(NC(=O)CN(C)Cc2c(C)nn(-c3ccccc3)c2C)cc1. The van der Waals surface area contributed by atoms with E-state index in [4.69, 9.17) is 0 Å². The van der Waals surface area contributed by atoms with E-state index in [0.717, 1.165) is 22.6 Å². The van der Waals surface area contributed by atoms with Crippen molar-refractivity contribution in [3.8, 4) is 5.69 Å². The van der Waals surface area contributed by atoms with Gasteiger partial charge in [-0.1, -0.05) is 18.2 Å². The van der Waals surface area contributed by atoms with Crippen LogP contribution in [-0.2, 0) is 11.3 Å². The summed E-state index contributed by atoms with van der Waals surface area (Å²) >= 11 is 0. The number of benzene rings is 2. The summed E-state index contributed by atoms with van der Waals surface area (Å²) in [5.41, 5.74) is 5.47. The largest absolute Gasteiger partial charge is 0.325 e. The average Bonchev–Trinajstić information content (AvgIpc) is 2.97. The van der Waals surface area contributed by atoms with Crippen LogP contribution in [0.4, 0.5) is 5.69 Å². The zero-order valence-electron chi connectivity index (χ0n) is 17.3. The van der Waals surface area contributed by atoms with Crippen molar-refractivity contribution in [1.82, 2.24) is 14.7 Å². The number of aryl methyl sites for hydroxylation is 1. The first-order valence-electron chi connectivity index (χ1n) is 9.55. The topological polar surface area (TPSA) is 67.2 Å². The van der Waals surface area contributed by atoms with Gasteiger partial charge in [0.15, 0.2) is 5.78 Å². The van der Waals surface area contributed by atoms with Crippen LogP contribution in [0, 0.1) is 13.8 Å². The van der Waals surface area contributed by atoms with Crippen molar-refractivity contribution in [1.29, 1.82) is 0 Å². The molecule has 2 aromatic carbocycles. The first kappa shape index (κ1) is 20.5. The van der Waals surface area contributed by atoms with E-state index in [-0.39, 0.29) is 18.2 Å². The number of Topliss-reactive ketones (excluding diaryl/α,β-unsaturated/α-hetero) is 1. The highest BCUT2D eigenvalue weighted by Gasteiger charge is 2.16. The molecule has 0 aliphatic carbocycles. The second-order valence-electron chi connectivity index (χ2n) is 7.25. The fourth-order valence-electron chi connectivity index (χ4n) is 3.28. The zero-order chi connectivity index (χ0) is 21.0. The number of rotatable bonds is 7. The lowest BCUT2D eigenvalue weighted by molar-refractivity contribution is -0.117. The summed E-state index contributed by atoms with van der Waals surface area (Å²) in [6, 6.07) is 16.9. The highest BCUT2D eigenvalue weighted by Crippen LogP contribution is 2.19. The van der Waals surface area contributed by atoms with Gasteiger partial charge in [-0.3, -0.25) is 14.5 Å². The molecule has 6 nitrogen and oxygen atoms in total. The molecule has 3 aromatic rings. The van der Waals surface area contributed by atoms with Gasteiger partial charge in [-0.05, 0) is 64.2 Å². The number of amides is 1. The Labute approximate surface area is 171 Å². The van der Waals surface area contributed by atoms with Crippen LogP contribution in [0.1, 0.15) is 34.2 Å². The molecule has 0 saturated carbocycles. The average molecular weight is 390 g/mol. The Morgan fingerprint density at radius 1 is 1.03 bits per heavy atom. The number of aromatic nitrogens is 2. The van der Waals surface area contributed by atoms with E-state index in [1.165, 1.54) is 6.92 Å². The molecule has 1 heterocycles. The lowest BCUT2D eigenvalue weighted by atomic mass is 10.1. The Morgan fingerprint density at radius 2 is 1.69 bits per heavy atom. The highest BCUT2D eigenvalue weighted by molar-refractivity contribution is 5.96. The highest BCUT2D eigenvalue weighted by atomic mass is 16.2. The molecule has 29 heavy (non-hydrogen) atoms. The third kappa shape index (κ3) is 4.97. The number of hydrogen-bond donors (Lipinski definition) is 1. The quantitative estimate of drug-likeness (QED) is 0.624. The number of anilines is 1. The number of carbonyl (C=O) groups is 2. The number of nitrogens with zero attached hydrogens (tertiary/aromatic N) is 3. The molecule has 0 aliphatic rings. The summed E-state index contributed by atoms with van der Waals surface area (Å²) in [4.78, 5) is 25.7. The third-order valence-electron chi connectivity index (χ3n) is 4.86. The van der Waals surface area contributed by atoms with Crippen molar-refractivity contribution in [2.45, 2.75) is 27.3 Å². The minimum Gasteiger partial charge on any atom is -0.325 e. The van der Waals surface area contributed by atoms with Gasteiger partial charge in [0.1, 0.15) is 0 Å². The molecule has 0 spiro atoms. The van der Waals surface area contributed by atoms with E-state index in [1.54, 1.807) is 24.3 Å². The van der Waals surface area contributed by atoms with E-state index in [9.17, 15) is 9.59 Å². The van der Waals surface area contributed by atoms with Crippen LogP contribution >= 0.6 is 0 Å². The number of para-hydroxylation sites is 1. The van der Waals surface area contributed by atoms with Gasteiger partial charge < -0.3 is 5.32 Å². The lowest BCUT2D eigenvalue weighted by Crippen LogP contribution is -2.30. The van der Waals surface area contributed by atoms with E-state index in [1.807, 2.05) is 60.8 Å². The summed E-state index contributed by atoms with van der Waals surface area (Å²) in [6.45, 7) is 6.44. The number of nitrogens with one attached hydrogen (secondary N) is 1. The van der Waals surface area contributed by atoms with Crippen molar-refractivity contribution in [3.05, 3.63) is 77.1 Å². The smallest absolute Gasteiger partial charge is 0.238 e. The second-order valence-corrected chi connectivity index (χ2v) is 7.25. The number of ketones is 1. The summed E-state index contributed by atoms with van der Waals surface area (Å²) in [5.74, 6) is -0.0989. The van der Waals surface area contributed by atoms with Gasteiger partial charge in [-0.15, -0.1) is 0 Å². The van der Waals surface area contributed by atoms with Gasteiger partial charge in [0.25, 0.3) is 0 Å². The van der Waals surface area contributed by atoms with Gasteiger partial charge in [0, 0.05) is 29.1 Å². The molecule has 1 N–H and O–H groups in total. The van der Waals surface area contributed by atoms with Crippen molar-refractivity contribution in [2.24, 2.45) is 0 Å². The van der Waals surface area contributed by atoms with Crippen LogP contribution in [0.15, 0.2) is 54.6 Å². The molecule has 150 valence electrons. The summed E-state index contributed by atoms with van der Waals surface area (Å²) in [6.07, 6.45) is 0. The fourth-order valence-corrected chi connectivity index (χ4v) is 3.28. The summed E-state index contributed by atoms with van der Waals surface area (Å²) in [7, 11) is 1.91. The van der Waals surface area contributed by atoms with Gasteiger partial charge in [-0.2, -0.15) is 5.10 Å². The van der Waals surface area contributed by atoms with Crippen LogP contribution in [0.5, 0.6) is 0 Å². The molecule has 1 aromatic heterocycles. The zero-order valence-corrected chi connectivity index (χ0v) is 17.3. The molecule has 0 atom stereocenters. The molecule has 0 saturated heterocycles. The lowest BCUT2D eigenvalue weighted by Gasteiger charge is -2.17. The first-order valence-corrected chi connectivity index (χ1v) is 9.55. The Bertz CT molecular complexity index is 1010. The standard InChI is InChI=1S/C23H26N4O2/c1-16-22(17(2)27(25-16)21-8-6-5-7-9-21)14-26(4)15-23(29)24-20-12-10-19(11-13-20)18(3)28/h5-13H,14-15H2,1-4H3,(H,24,29). The van der Waals surface area contributed by atoms with Gasteiger partial charge in [0.2, 0.25) is 5.91 Å². The molecule has 6 heteroatoms. The molecule has 0 radical (unpaired) electrons. The molecule has 0 bridgehead atoms. The minimum atomic E-state index is -0.103. The van der Waals surface area contributed by atoms with Crippen molar-refractivity contribution < 1.29 is 9.59 Å². The van der Waals surface area contributed by atoms with Crippen molar-refractivity contribution in [2.75, 3.05) is 18.9 Å². The monoisotopic (exact) mass is 390 g/mol. The fraction of sp³-hybridized carbons (Fsp3) is 0.261. The van der Waals surface area contributed by atoms with E-state index >= 15 is 0 Å². The summed E-state index contributed by atoms with van der Waals surface area (Å²) < 4.78 is 1.94. The van der Waals surface area contributed by atoms with Crippen molar-refractivity contribution >= 4 is 17.4 Å². The number of hydrogen-bond acceptors (Lipinski definition) is 4. The maximum atomic E-state index is 12.4. The summed E-state index contributed by atoms with van der Waals surface area (Å²) in [5, 5.41) is 7.54. The van der Waals surface area contributed by atoms with Gasteiger partial charge in [-0.25, -0.2) is 4.68 Å². The van der Waals surface area contributed by atoms with E-state index < -0.39 is 0 Å². The first-order chi connectivity index (χ1) is 13.8. The third-order valence-corrected chi connectivity index (χ3v) is 4.86. The normalized spacial score (nSPS) is 10.9. The van der Waals surface area contributed by atoms with Crippen LogP contribution in [-0.4, -0.2) is 40.0 Å². The van der Waals surface area contributed by atoms with Gasteiger partial charge >= 0.3 is 0 Å². The molecular formula is C23H26N4O2. The molecule has 3 rings (SSSR count). The molecule has 0 unspecified atom stereocenters. The molecule has 0 aliphatic heterocycles. The molecule has 1 amide bonds. The Hall–Kier alpha value is -3.25. The number of likely N-dealkylation sites (N-methyl/N-ethyl adjacent to an activating group) is 1. The van der Waals surface area contributed by atoms with E-state index in [2.05, 4.69) is 10.4 Å². The van der Waals surface area contributed by atoms with E-state index in [0.29, 0.717) is 17.8 Å². The Balaban J connectivity index is 1.63. The predicted octanol–water partition coefficient (Wildman–Crippen LogP) is 3.76. The van der Waals surface area contributed by atoms with Crippen LogP contribution in [0.3, 0.4) is 0 Å². The maximum absolute atomic E-state index is 12.4.